The van der Waals surface area contributed by atoms with Crippen molar-refractivity contribution in [2.75, 3.05) is 0 Å². The number of amides is 1. The van der Waals surface area contributed by atoms with E-state index in [0.717, 1.165) is 27.7 Å². The van der Waals surface area contributed by atoms with Crippen molar-refractivity contribution in [3.8, 4) is 11.6 Å². The second-order valence-corrected chi connectivity index (χ2v) is 6.77. The normalized spacial score (nSPS) is 10.8. The number of rotatable bonds is 6. The summed E-state index contributed by atoms with van der Waals surface area (Å²) in [6, 6.07) is 15.2. The number of hydrogen-bond donors (Lipinski definition) is 1. The molecule has 0 bridgehead atoms. The molecule has 29 heavy (non-hydrogen) atoms. The maximum Gasteiger partial charge on any atom is 0.224 e. The standard InChI is InChI=1S/C23H19FN2O3/c1-15-2-7-20-17(14-28-21(20)10-15)12-22(27)26-13-16-8-9-25-23(11-16)29-19-5-3-18(24)4-6-19/h2-11,14H,12-13H2,1H3,(H,26,27). The summed E-state index contributed by atoms with van der Waals surface area (Å²) in [6.45, 7) is 2.34. The number of nitrogens with zero attached hydrogens (tertiary/aromatic N) is 1. The first-order chi connectivity index (χ1) is 14.1. The molecule has 4 rings (SSSR count). The molecular weight excluding hydrogens is 371 g/mol. The molecule has 6 heteroatoms. The van der Waals surface area contributed by atoms with Gasteiger partial charge in [0.25, 0.3) is 0 Å². The Morgan fingerprint density at radius 1 is 1.14 bits per heavy atom. The van der Waals surface area contributed by atoms with Crippen molar-refractivity contribution in [1.29, 1.82) is 0 Å². The Kier molecular flexibility index (Phi) is 5.24. The summed E-state index contributed by atoms with van der Waals surface area (Å²) < 4.78 is 24.2. The van der Waals surface area contributed by atoms with Crippen molar-refractivity contribution in [3.63, 3.8) is 0 Å². The van der Waals surface area contributed by atoms with Gasteiger partial charge in [0, 0.05) is 29.8 Å². The maximum atomic E-state index is 13.0. The van der Waals surface area contributed by atoms with Crippen molar-refractivity contribution in [2.24, 2.45) is 0 Å². The smallest absolute Gasteiger partial charge is 0.224 e. The van der Waals surface area contributed by atoms with Gasteiger partial charge in [-0.15, -0.1) is 0 Å². The molecule has 0 unspecified atom stereocenters. The van der Waals surface area contributed by atoms with Crippen LogP contribution in [0.1, 0.15) is 16.7 Å². The molecule has 0 saturated carbocycles. The topological polar surface area (TPSA) is 64.4 Å². The largest absolute Gasteiger partial charge is 0.464 e. The van der Waals surface area contributed by atoms with E-state index in [4.69, 9.17) is 9.15 Å². The zero-order valence-corrected chi connectivity index (χ0v) is 15.8. The fourth-order valence-corrected chi connectivity index (χ4v) is 3.00. The van der Waals surface area contributed by atoms with Gasteiger partial charge in [0.15, 0.2) is 0 Å². The average Bonchev–Trinajstić information content (AvgIpc) is 3.10. The zero-order valence-electron chi connectivity index (χ0n) is 15.8. The molecule has 0 saturated heterocycles. The Balaban J connectivity index is 1.37. The number of aromatic nitrogens is 1. The molecule has 0 aliphatic heterocycles. The Labute approximate surface area is 167 Å². The molecule has 2 aromatic carbocycles. The van der Waals surface area contributed by atoms with Crippen LogP contribution in [0.2, 0.25) is 0 Å². The van der Waals surface area contributed by atoms with Crippen LogP contribution in [-0.4, -0.2) is 10.9 Å². The fourth-order valence-electron chi connectivity index (χ4n) is 3.00. The molecule has 1 amide bonds. The van der Waals surface area contributed by atoms with Crippen molar-refractivity contribution >= 4 is 16.9 Å². The van der Waals surface area contributed by atoms with Crippen molar-refractivity contribution < 1.29 is 18.3 Å². The minimum absolute atomic E-state index is 0.105. The zero-order chi connectivity index (χ0) is 20.2. The number of benzene rings is 2. The van der Waals surface area contributed by atoms with E-state index >= 15 is 0 Å². The number of carbonyl (C=O) groups excluding carboxylic acids is 1. The third kappa shape index (κ3) is 4.60. The van der Waals surface area contributed by atoms with Crippen LogP contribution in [0.15, 0.2) is 71.5 Å². The molecule has 4 aromatic rings. The Hall–Kier alpha value is -3.67. The second kappa shape index (κ2) is 8.14. The minimum atomic E-state index is -0.331. The van der Waals surface area contributed by atoms with E-state index in [1.807, 2.05) is 25.1 Å². The lowest BCUT2D eigenvalue weighted by molar-refractivity contribution is -0.120. The molecule has 0 atom stereocenters. The van der Waals surface area contributed by atoms with Gasteiger partial charge in [-0.2, -0.15) is 0 Å². The van der Waals surface area contributed by atoms with Gasteiger partial charge in [0.2, 0.25) is 11.8 Å². The number of halogens is 1. The second-order valence-electron chi connectivity index (χ2n) is 6.77. The maximum absolute atomic E-state index is 13.0. The van der Waals surface area contributed by atoms with Crippen LogP contribution in [0.25, 0.3) is 11.0 Å². The summed E-state index contributed by atoms with van der Waals surface area (Å²) in [4.78, 5) is 16.5. The number of hydrogen-bond acceptors (Lipinski definition) is 4. The van der Waals surface area contributed by atoms with E-state index in [1.54, 1.807) is 24.6 Å². The quantitative estimate of drug-likeness (QED) is 0.507. The van der Waals surface area contributed by atoms with Gasteiger partial charge in [0.05, 0.1) is 12.7 Å². The lowest BCUT2D eigenvalue weighted by Crippen LogP contribution is -2.24. The van der Waals surface area contributed by atoms with Crippen LogP contribution in [-0.2, 0) is 17.8 Å². The lowest BCUT2D eigenvalue weighted by atomic mass is 10.1. The first kappa shape index (κ1) is 18.7. The molecule has 146 valence electrons. The van der Waals surface area contributed by atoms with E-state index in [9.17, 15) is 9.18 Å². The van der Waals surface area contributed by atoms with Gasteiger partial charge >= 0.3 is 0 Å². The van der Waals surface area contributed by atoms with E-state index in [0.29, 0.717) is 18.2 Å². The number of aryl methyl sites for hydroxylation is 1. The number of carbonyl (C=O) groups is 1. The lowest BCUT2D eigenvalue weighted by Gasteiger charge is -2.08. The van der Waals surface area contributed by atoms with E-state index < -0.39 is 0 Å². The van der Waals surface area contributed by atoms with Gasteiger partial charge in [0.1, 0.15) is 17.1 Å². The molecule has 0 fully saturated rings. The van der Waals surface area contributed by atoms with Gasteiger partial charge in [-0.05, 0) is 54.4 Å². The first-order valence-corrected chi connectivity index (χ1v) is 9.18. The monoisotopic (exact) mass is 390 g/mol. The molecular formula is C23H19FN2O3. The first-order valence-electron chi connectivity index (χ1n) is 9.18. The summed E-state index contributed by atoms with van der Waals surface area (Å²) in [5.74, 6) is 0.426. The highest BCUT2D eigenvalue weighted by Gasteiger charge is 2.11. The number of nitrogens with one attached hydrogen (secondary N) is 1. The summed E-state index contributed by atoms with van der Waals surface area (Å²) in [5, 5.41) is 3.85. The molecule has 0 radical (unpaired) electrons. The van der Waals surface area contributed by atoms with E-state index in [1.165, 1.54) is 24.3 Å². The van der Waals surface area contributed by atoms with Crippen LogP contribution in [0, 0.1) is 12.7 Å². The highest BCUT2D eigenvalue weighted by molar-refractivity contribution is 5.87. The van der Waals surface area contributed by atoms with Gasteiger partial charge in [-0.1, -0.05) is 12.1 Å². The molecule has 5 nitrogen and oxygen atoms in total. The number of ether oxygens (including phenoxy) is 1. The molecule has 2 aromatic heterocycles. The summed E-state index contributed by atoms with van der Waals surface area (Å²) >= 11 is 0. The number of furan rings is 1. The Morgan fingerprint density at radius 2 is 1.97 bits per heavy atom. The Morgan fingerprint density at radius 3 is 2.79 bits per heavy atom. The van der Waals surface area contributed by atoms with E-state index in [2.05, 4.69) is 10.3 Å². The van der Waals surface area contributed by atoms with Gasteiger partial charge < -0.3 is 14.5 Å². The number of pyridine rings is 1. The van der Waals surface area contributed by atoms with Crippen LogP contribution in [0.3, 0.4) is 0 Å². The van der Waals surface area contributed by atoms with Crippen molar-refractivity contribution in [2.45, 2.75) is 19.9 Å². The third-order valence-corrected chi connectivity index (χ3v) is 4.49. The summed E-state index contributed by atoms with van der Waals surface area (Å²) in [5.41, 5.74) is 3.59. The fraction of sp³-hybridized carbons (Fsp3) is 0.130. The van der Waals surface area contributed by atoms with Crippen LogP contribution < -0.4 is 10.1 Å². The van der Waals surface area contributed by atoms with Crippen molar-refractivity contribution in [1.82, 2.24) is 10.3 Å². The molecule has 2 heterocycles. The van der Waals surface area contributed by atoms with Crippen LogP contribution >= 0.6 is 0 Å². The summed E-state index contributed by atoms with van der Waals surface area (Å²) in [6.07, 6.45) is 3.47. The predicted molar refractivity (Wildman–Crippen MR) is 107 cm³/mol. The predicted octanol–water partition coefficient (Wildman–Crippen LogP) is 4.93. The minimum Gasteiger partial charge on any atom is -0.464 e. The van der Waals surface area contributed by atoms with Crippen LogP contribution in [0.5, 0.6) is 11.6 Å². The van der Waals surface area contributed by atoms with Gasteiger partial charge in [-0.25, -0.2) is 9.37 Å². The van der Waals surface area contributed by atoms with Gasteiger partial charge in [-0.3, -0.25) is 4.79 Å². The van der Waals surface area contributed by atoms with E-state index in [-0.39, 0.29) is 18.1 Å². The Bertz CT molecular complexity index is 1150. The van der Waals surface area contributed by atoms with Crippen LogP contribution in [0.4, 0.5) is 4.39 Å². The highest BCUT2D eigenvalue weighted by atomic mass is 19.1. The average molecular weight is 390 g/mol. The summed E-state index contributed by atoms with van der Waals surface area (Å²) in [7, 11) is 0. The highest BCUT2D eigenvalue weighted by Crippen LogP contribution is 2.23. The molecule has 0 aliphatic rings. The molecule has 0 aliphatic carbocycles. The SMILES string of the molecule is Cc1ccc2c(CC(=O)NCc3ccnc(Oc4ccc(F)cc4)c3)coc2c1. The number of fused-ring (bicyclic) bond motifs is 1. The molecule has 0 spiro atoms. The third-order valence-electron chi connectivity index (χ3n) is 4.49. The van der Waals surface area contributed by atoms with Crippen molar-refractivity contribution in [3.05, 3.63) is 89.6 Å². The molecule has 1 N–H and O–H groups in total.